The first-order valence-electron chi connectivity index (χ1n) is 8.60. The lowest BCUT2D eigenvalue weighted by Gasteiger charge is -2.34. The number of ketones is 1. The van der Waals surface area contributed by atoms with Gasteiger partial charge in [0.2, 0.25) is 0 Å². The minimum atomic E-state index is -0.542. The van der Waals surface area contributed by atoms with E-state index in [1.165, 1.54) is 0 Å². The summed E-state index contributed by atoms with van der Waals surface area (Å²) in [5.41, 5.74) is 5.62. The average Bonchev–Trinajstić information content (AvgIpc) is 2.66. The summed E-state index contributed by atoms with van der Waals surface area (Å²) < 4.78 is 0. The van der Waals surface area contributed by atoms with Gasteiger partial charge in [-0.05, 0) is 36.1 Å². The lowest BCUT2D eigenvalue weighted by atomic mass is 9.67. The lowest BCUT2D eigenvalue weighted by Crippen LogP contribution is -2.34. The second-order valence-electron chi connectivity index (χ2n) is 6.98. The van der Waals surface area contributed by atoms with Crippen molar-refractivity contribution in [3.05, 3.63) is 107 Å². The third-order valence-corrected chi connectivity index (χ3v) is 5.04. The van der Waals surface area contributed by atoms with Crippen LogP contribution in [-0.2, 0) is 10.2 Å². The molecule has 0 aromatic heterocycles. The fourth-order valence-electron chi connectivity index (χ4n) is 3.71. The maximum atomic E-state index is 13.5. The van der Waals surface area contributed by atoms with Gasteiger partial charge >= 0.3 is 0 Å². The monoisotopic (exact) mass is 324 g/mol. The van der Waals surface area contributed by atoms with E-state index in [9.17, 15) is 4.79 Å². The Labute approximate surface area is 148 Å². The molecule has 1 aliphatic carbocycles. The number of benzene rings is 3. The van der Waals surface area contributed by atoms with Crippen LogP contribution in [0, 0.1) is 0 Å². The quantitative estimate of drug-likeness (QED) is 0.608. The third kappa shape index (κ3) is 2.44. The van der Waals surface area contributed by atoms with Gasteiger partial charge < -0.3 is 0 Å². The Hall–Kier alpha value is -2.93. The molecule has 0 aliphatic heterocycles. The normalized spacial score (nSPS) is 15.8. The van der Waals surface area contributed by atoms with Gasteiger partial charge in [-0.2, -0.15) is 0 Å². The molecule has 0 N–H and O–H groups in total. The van der Waals surface area contributed by atoms with E-state index >= 15 is 0 Å². The van der Waals surface area contributed by atoms with E-state index < -0.39 is 5.41 Å². The molecule has 1 heteroatoms. The first kappa shape index (κ1) is 15.6. The maximum Gasteiger partial charge on any atom is 0.174 e. The van der Waals surface area contributed by atoms with Crippen LogP contribution in [0.15, 0.2) is 84.9 Å². The van der Waals surface area contributed by atoms with E-state index in [1.54, 1.807) is 0 Å². The number of carbonyl (C=O) groups is 1. The van der Waals surface area contributed by atoms with Crippen molar-refractivity contribution in [2.75, 3.05) is 0 Å². The molecule has 3 aromatic carbocycles. The van der Waals surface area contributed by atoms with Crippen LogP contribution >= 0.6 is 0 Å². The summed E-state index contributed by atoms with van der Waals surface area (Å²) >= 11 is 0. The standard InChI is InChI=1S/C24H20O/c1-24(2)20-16-10-9-15-19(20)21(17-11-5-3-6-12-17)22(23(24)25)18-13-7-4-8-14-18/h3-16H,1-2H3. The van der Waals surface area contributed by atoms with Crippen molar-refractivity contribution in [2.24, 2.45) is 0 Å². The Kier molecular flexibility index (Phi) is 3.65. The predicted octanol–water partition coefficient (Wildman–Crippen LogP) is 5.51. The number of hydrogen-bond acceptors (Lipinski definition) is 1. The smallest absolute Gasteiger partial charge is 0.174 e. The topological polar surface area (TPSA) is 17.1 Å². The van der Waals surface area contributed by atoms with Crippen molar-refractivity contribution >= 4 is 16.9 Å². The van der Waals surface area contributed by atoms with E-state index in [0.717, 1.165) is 33.4 Å². The van der Waals surface area contributed by atoms with Crippen molar-refractivity contribution in [3.63, 3.8) is 0 Å². The van der Waals surface area contributed by atoms with Gasteiger partial charge in [0, 0.05) is 11.1 Å². The summed E-state index contributed by atoms with van der Waals surface area (Å²) in [7, 11) is 0. The highest BCUT2D eigenvalue weighted by Crippen LogP contribution is 2.46. The zero-order chi connectivity index (χ0) is 17.4. The summed E-state index contributed by atoms with van der Waals surface area (Å²) in [6, 6.07) is 28.5. The number of carbonyl (C=O) groups excluding carboxylic acids is 1. The molecule has 0 bridgehead atoms. The first-order valence-corrected chi connectivity index (χ1v) is 8.60. The summed E-state index contributed by atoms with van der Waals surface area (Å²) in [6.07, 6.45) is 0. The van der Waals surface area contributed by atoms with Gasteiger partial charge in [-0.15, -0.1) is 0 Å². The average molecular weight is 324 g/mol. The molecule has 0 saturated carbocycles. The molecule has 0 unspecified atom stereocenters. The number of rotatable bonds is 2. The predicted molar refractivity (Wildman–Crippen MR) is 103 cm³/mol. The van der Waals surface area contributed by atoms with Gasteiger partial charge in [-0.3, -0.25) is 4.79 Å². The third-order valence-electron chi connectivity index (χ3n) is 5.04. The highest BCUT2D eigenvalue weighted by molar-refractivity contribution is 6.35. The van der Waals surface area contributed by atoms with Crippen LogP contribution in [0.2, 0.25) is 0 Å². The minimum absolute atomic E-state index is 0.177. The largest absolute Gasteiger partial charge is 0.293 e. The van der Waals surface area contributed by atoms with E-state index in [0.29, 0.717) is 0 Å². The molecular formula is C24H20O. The summed E-state index contributed by atoms with van der Waals surface area (Å²) in [5.74, 6) is 0.177. The molecule has 25 heavy (non-hydrogen) atoms. The van der Waals surface area contributed by atoms with Crippen LogP contribution < -0.4 is 0 Å². The molecule has 4 rings (SSSR count). The molecule has 0 atom stereocenters. The van der Waals surface area contributed by atoms with Crippen LogP contribution in [0.5, 0.6) is 0 Å². The number of Topliss-reactive ketones (excluding diaryl/α,β-unsaturated/α-hetero) is 1. The van der Waals surface area contributed by atoms with Gasteiger partial charge in [-0.25, -0.2) is 0 Å². The molecule has 1 nitrogen and oxygen atoms in total. The molecule has 0 fully saturated rings. The summed E-state index contributed by atoms with van der Waals surface area (Å²) in [6.45, 7) is 4.05. The van der Waals surface area contributed by atoms with E-state index in [4.69, 9.17) is 0 Å². The fraction of sp³-hybridized carbons (Fsp3) is 0.125. The van der Waals surface area contributed by atoms with Crippen LogP contribution in [0.1, 0.15) is 36.1 Å². The molecular weight excluding hydrogens is 304 g/mol. The molecule has 0 saturated heterocycles. The zero-order valence-electron chi connectivity index (χ0n) is 14.5. The Morgan fingerprint density at radius 2 is 1.08 bits per heavy atom. The van der Waals surface area contributed by atoms with Crippen molar-refractivity contribution in [1.82, 2.24) is 0 Å². The van der Waals surface area contributed by atoms with Gasteiger partial charge in [0.25, 0.3) is 0 Å². The maximum absolute atomic E-state index is 13.5. The molecule has 0 spiro atoms. The van der Waals surface area contributed by atoms with Crippen molar-refractivity contribution in [3.8, 4) is 0 Å². The van der Waals surface area contributed by atoms with Gasteiger partial charge in [0.1, 0.15) is 0 Å². The van der Waals surface area contributed by atoms with Crippen LogP contribution in [0.25, 0.3) is 11.1 Å². The SMILES string of the molecule is CC1(C)C(=O)C(c2ccccc2)=C(c2ccccc2)c2ccccc21. The Morgan fingerprint density at radius 3 is 1.68 bits per heavy atom. The van der Waals surface area contributed by atoms with E-state index in [-0.39, 0.29) is 5.78 Å². The summed E-state index contributed by atoms with van der Waals surface area (Å²) in [5, 5.41) is 0. The Bertz CT molecular complexity index is 963. The highest BCUT2D eigenvalue weighted by atomic mass is 16.1. The molecule has 1 aliphatic rings. The minimum Gasteiger partial charge on any atom is -0.293 e. The van der Waals surface area contributed by atoms with Crippen molar-refractivity contribution < 1.29 is 4.79 Å². The number of fused-ring (bicyclic) bond motifs is 1. The Morgan fingerprint density at radius 1 is 0.600 bits per heavy atom. The Balaban J connectivity index is 2.13. The summed E-state index contributed by atoms with van der Waals surface area (Å²) in [4.78, 5) is 13.5. The number of allylic oxidation sites excluding steroid dienone is 1. The number of hydrogen-bond donors (Lipinski definition) is 0. The molecule has 3 aromatic rings. The van der Waals surface area contributed by atoms with Crippen LogP contribution in [0.4, 0.5) is 0 Å². The first-order chi connectivity index (χ1) is 12.1. The molecule has 122 valence electrons. The van der Waals surface area contributed by atoms with Crippen molar-refractivity contribution in [2.45, 2.75) is 19.3 Å². The van der Waals surface area contributed by atoms with E-state index in [2.05, 4.69) is 30.3 Å². The molecule has 0 amide bonds. The van der Waals surface area contributed by atoms with Crippen molar-refractivity contribution in [1.29, 1.82) is 0 Å². The highest BCUT2D eigenvalue weighted by Gasteiger charge is 2.40. The zero-order valence-corrected chi connectivity index (χ0v) is 14.5. The van der Waals surface area contributed by atoms with Crippen LogP contribution in [-0.4, -0.2) is 5.78 Å². The second-order valence-corrected chi connectivity index (χ2v) is 6.98. The lowest BCUT2D eigenvalue weighted by molar-refractivity contribution is -0.118. The molecule has 0 heterocycles. The van der Waals surface area contributed by atoms with Gasteiger partial charge in [0.05, 0.1) is 5.41 Å². The van der Waals surface area contributed by atoms with Gasteiger partial charge in [-0.1, -0.05) is 84.9 Å². The second kappa shape index (κ2) is 5.86. The fourth-order valence-corrected chi connectivity index (χ4v) is 3.71. The van der Waals surface area contributed by atoms with E-state index in [1.807, 2.05) is 68.4 Å². The van der Waals surface area contributed by atoms with Crippen LogP contribution in [0.3, 0.4) is 0 Å². The molecule has 0 radical (unpaired) electrons. The van der Waals surface area contributed by atoms with Gasteiger partial charge in [0.15, 0.2) is 5.78 Å².